The highest BCUT2D eigenvalue weighted by Crippen LogP contribution is 2.27. The van der Waals surface area contributed by atoms with Gasteiger partial charge >= 0.3 is 0 Å². The van der Waals surface area contributed by atoms with E-state index in [0.717, 1.165) is 6.42 Å². The van der Waals surface area contributed by atoms with Crippen molar-refractivity contribution >= 4 is 21.6 Å². The normalized spacial score (nSPS) is 12.4. The number of rotatable bonds is 8. The summed E-state index contributed by atoms with van der Waals surface area (Å²) in [5.74, 6) is 0.430. The van der Waals surface area contributed by atoms with Crippen LogP contribution >= 0.6 is 11.6 Å². The number of nitrogens with one attached hydrogen (secondary N) is 1. The van der Waals surface area contributed by atoms with Crippen LogP contribution in [0, 0.1) is 5.41 Å². The molecule has 7 heteroatoms. The maximum Gasteiger partial charge on any atom is 0.240 e. The molecule has 0 bridgehead atoms. The third kappa shape index (κ3) is 5.47. The van der Waals surface area contributed by atoms with Crippen LogP contribution in [0.4, 0.5) is 0 Å². The Hall–Kier alpha value is -0.820. The summed E-state index contributed by atoms with van der Waals surface area (Å²) in [7, 11) is -2.15. The van der Waals surface area contributed by atoms with E-state index in [9.17, 15) is 8.42 Å². The van der Waals surface area contributed by atoms with Gasteiger partial charge in [0.15, 0.2) is 0 Å². The van der Waals surface area contributed by atoms with Crippen molar-refractivity contribution in [2.24, 2.45) is 5.41 Å². The van der Waals surface area contributed by atoms with E-state index < -0.39 is 10.0 Å². The summed E-state index contributed by atoms with van der Waals surface area (Å²) in [4.78, 5) is 0.103. The summed E-state index contributed by atoms with van der Waals surface area (Å²) >= 11 is 5.95. The van der Waals surface area contributed by atoms with Gasteiger partial charge in [-0.25, -0.2) is 13.1 Å². The molecule has 0 saturated heterocycles. The number of hydrogen-bond acceptors (Lipinski definition) is 4. The molecule has 0 heterocycles. The van der Waals surface area contributed by atoms with Crippen molar-refractivity contribution in [3.05, 3.63) is 23.2 Å². The van der Waals surface area contributed by atoms with Gasteiger partial charge < -0.3 is 9.84 Å². The number of hydrogen-bond donors (Lipinski definition) is 2. The van der Waals surface area contributed by atoms with Gasteiger partial charge in [-0.3, -0.25) is 0 Å². The van der Waals surface area contributed by atoms with Gasteiger partial charge in [-0.15, -0.1) is 0 Å². The molecule has 0 spiro atoms. The van der Waals surface area contributed by atoms with Crippen molar-refractivity contribution in [2.45, 2.75) is 31.6 Å². The lowest BCUT2D eigenvalue weighted by atomic mass is 9.88. The Morgan fingerprint density at radius 1 is 1.38 bits per heavy atom. The molecule has 0 fully saturated rings. The number of aliphatic hydroxyl groups is 1. The highest BCUT2D eigenvalue weighted by molar-refractivity contribution is 7.89. The molecular weight excluding hydrogens is 314 g/mol. The first kappa shape index (κ1) is 18.2. The molecule has 0 aromatic heterocycles. The zero-order chi connectivity index (χ0) is 16.1. The fourth-order valence-corrected chi connectivity index (χ4v) is 3.42. The molecule has 0 unspecified atom stereocenters. The zero-order valence-electron chi connectivity index (χ0n) is 12.5. The van der Waals surface area contributed by atoms with E-state index in [4.69, 9.17) is 21.4 Å². The fourth-order valence-electron chi connectivity index (χ4n) is 1.83. The van der Waals surface area contributed by atoms with Crippen molar-refractivity contribution < 1.29 is 18.3 Å². The predicted molar refractivity (Wildman–Crippen MR) is 83.3 cm³/mol. The number of sulfonamides is 1. The van der Waals surface area contributed by atoms with Gasteiger partial charge in [0.25, 0.3) is 0 Å². The second-order valence-corrected chi connectivity index (χ2v) is 7.79. The maximum atomic E-state index is 12.2. The third-order valence-electron chi connectivity index (χ3n) is 3.19. The Balaban J connectivity index is 2.80. The fraction of sp³-hybridized carbons (Fsp3) is 0.571. The number of benzene rings is 1. The van der Waals surface area contributed by atoms with Gasteiger partial charge in [-0.1, -0.05) is 25.4 Å². The van der Waals surface area contributed by atoms with Crippen LogP contribution in [0.25, 0.3) is 0 Å². The smallest absolute Gasteiger partial charge is 0.240 e. The van der Waals surface area contributed by atoms with Crippen LogP contribution in [-0.4, -0.2) is 33.8 Å². The molecule has 120 valence electrons. The number of halogens is 1. The van der Waals surface area contributed by atoms with E-state index in [1.165, 1.54) is 25.3 Å². The molecule has 0 aliphatic carbocycles. The molecular formula is C14H22ClNO4S. The summed E-state index contributed by atoms with van der Waals surface area (Å²) in [5.41, 5.74) is -0.230. The van der Waals surface area contributed by atoms with Crippen molar-refractivity contribution in [2.75, 3.05) is 20.3 Å². The summed E-state index contributed by atoms with van der Waals surface area (Å²) in [6, 6.07) is 4.34. The molecule has 1 aromatic rings. The van der Waals surface area contributed by atoms with Crippen molar-refractivity contribution in [3.8, 4) is 5.75 Å². The molecule has 0 radical (unpaired) electrons. The largest absolute Gasteiger partial charge is 0.495 e. The molecule has 1 aromatic carbocycles. The SMILES string of the molecule is COc1ccc(S(=O)(=O)NCC(C)(C)CCCO)cc1Cl. The van der Waals surface area contributed by atoms with Crippen molar-refractivity contribution in [1.82, 2.24) is 4.72 Å². The summed E-state index contributed by atoms with van der Waals surface area (Å²) in [6.07, 6.45) is 1.37. The minimum absolute atomic E-state index is 0.101. The quantitative estimate of drug-likeness (QED) is 0.765. The van der Waals surface area contributed by atoms with Crippen LogP contribution in [0.3, 0.4) is 0 Å². The number of ether oxygens (including phenoxy) is 1. The zero-order valence-corrected chi connectivity index (χ0v) is 14.1. The first-order chi connectivity index (χ1) is 9.72. The molecule has 2 N–H and O–H groups in total. The topological polar surface area (TPSA) is 75.6 Å². The van der Waals surface area contributed by atoms with Crippen LogP contribution < -0.4 is 9.46 Å². The Kier molecular flexibility index (Phi) is 6.46. The Labute approximate surface area is 131 Å². The van der Waals surface area contributed by atoms with Crippen molar-refractivity contribution in [1.29, 1.82) is 0 Å². The summed E-state index contributed by atoms with van der Waals surface area (Å²) < 4.78 is 32.1. The van der Waals surface area contributed by atoms with E-state index in [2.05, 4.69) is 4.72 Å². The van der Waals surface area contributed by atoms with E-state index in [0.29, 0.717) is 18.7 Å². The van der Waals surface area contributed by atoms with E-state index in [1.54, 1.807) is 0 Å². The lowest BCUT2D eigenvalue weighted by molar-refractivity contribution is 0.242. The van der Waals surface area contributed by atoms with Gasteiger partial charge in [0.05, 0.1) is 17.0 Å². The average molecular weight is 336 g/mol. The van der Waals surface area contributed by atoms with Crippen LogP contribution in [0.5, 0.6) is 5.75 Å². The first-order valence-electron chi connectivity index (χ1n) is 6.66. The number of aliphatic hydroxyl groups excluding tert-OH is 1. The minimum atomic E-state index is -3.62. The third-order valence-corrected chi connectivity index (χ3v) is 4.88. The van der Waals surface area contributed by atoms with Crippen molar-refractivity contribution in [3.63, 3.8) is 0 Å². The molecule has 21 heavy (non-hydrogen) atoms. The van der Waals surface area contributed by atoms with Gasteiger partial charge in [0, 0.05) is 13.2 Å². The molecule has 0 saturated carbocycles. The molecule has 0 amide bonds. The van der Waals surface area contributed by atoms with E-state index >= 15 is 0 Å². The first-order valence-corrected chi connectivity index (χ1v) is 8.52. The van der Waals surface area contributed by atoms with E-state index in [-0.39, 0.29) is 21.9 Å². The highest BCUT2D eigenvalue weighted by Gasteiger charge is 2.22. The Morgan fingerprint density at radius 3 is 2.57 bits per heavy atom. The van der Waals surface area contributed by atoms with Gasteiger partial charge in [-0.05, 0) is 36.5 Å². The molecule has 0 aliphatic rings. The lowest BCUT2D eigenvalue weighted by Crippen LogP contribution is -2.34. The van der Waals surface area contributed by atoms with Gasteiger partial charge in [0.2, 0.25) is 10.0 Å². The van der Waals surface area contributed by atoms with Crippen LogP contribution in [0.2, 0.25) is 5.02 Å². The summed E-state index contributed by atoms with van der Waals surface area (Å²) in [6.45, 7) is 4.29. The standard InChI is InChI=1S/C14H22ClNO4S/c1-14(2,7-4-8-17)10-16-21(18,19)11-5-6-13(20-3)12(15)9-11/h5-6,9,16-17H,4,7-8,10H2,1-3H3. The Bertz CT molecular complexity index is 572. The average Bonchev–Trinajstić information content (AvgIpc) is 2.43. The molecule has 1 rings (SSSR count). The van der Waals surface area contributed by atoms with E-state index in [1.807, 2.05) is 13.8 Å². The van der Waals surface area contributed by atoms with Gasteiger partial charge in [0.1, 0.15) is 5.75 Å². The molecule has 0 atom stereocenters. The second kappa shape index (κ2) is 7.45. The lowest BCUT2D eigenvalue weighted by Gasteiger charge is -2.24. The monoisotopic (exact) mass is 335 g/mol. The highest BCUT2D eigenvalue weighted by atomic mass is 35.5. The number of methoxy groups -OCH3 is 1. The van der Waals surface area contributed by atoms with Crippen LogP contribution in [0.1, 0.15) is 26.7 Å². The second-order valence-electron chi connectivity index (χ2n) is 5.61. The summed E-state index contributed by atoms with van der Waals surface area (Å²) in [5, 5.41) is 9.10. The predicted octanol–water partition coefficient (Wildman–Crippen LogP) is 2.43. The molecule has 5 nitrogen and oxygen atoms in total. The Morgan fingerprint density at radius 2 is 2.05 bits per heavy atom. The minimum Gasteiger partial charge on any atom is -0.495 e. The maximum absolute atomic E-state index is 12.2. The van der Waals surface area contributed by atoms with Crippen LogP contribution in [0.15, 0.2) is 23.1 Å². The van der Waals surface area contributed by atoms with Gasteiger partial charge in [-0.2, -0.15) is 0 Å². The van der Waals surface area contributed by atoms with Crippen LogP contribution in [-0.2, 0) is 10.0 Å². The molecule has 0 aliphatic heterocycles.